The Morgan fingerprint density at radius 1 is 1.33 bits per heavy atom. The number of nitrogens with zero attached hydrogens (tertiary/aromatic N) is 1. The number of hydrogen-bond acceptors (Lipinski definition) is 2. The highest BCUT2D eigenvalue weighted by Crippen LogP contribution is 2.16. The summed E-state index contributed by atoms with van der Waals surface area (Å²) in [7, 11) is 0. The molecule has 0 aliphatic carbocycles. The molecule has 2 N–H and O–H groups in total. The van der Waals surface area contributed by atoms with E-state index in [2.05, 4.69) is 12.1 Å². The molecule has 1 saturated heterocycles. The van der Waals surface area contributed by atoms with Crippen molar-refractivity contribution in [3.63, 3.8) is 0 Å². The zero-order valence-corrected chi connectivity index (χ0v) is 11.4. The molecule has 2 rings (SSSR count). The number of likely N-dealkylation sites (tertiary alicyclic amines) is 1. The van der Waals surface area contributed by atoms with Gasteiger partial charge < -0.3 is 10.6 Å². The van der Waals surface area contributed by atoms with Crippen LogP contribution in [0.2, 0.25) is 0 Å². The van der Waals surface area contributed by atoms with E-state index in [4.69, 9.17) is 5.73 Å². The molecule has 1 amide bonds. The highest BCUT2D eigenvalue weighted by Gasteiger charge is 2.24. The topological polar surface area (TPSA) is 46.3 Å². The Hall–Kier alpha value is -1.06. The van der Waals surface area contributed by atoms with Crippen LogP contribution in [0.1, 0.15) is 18.4 Å². The molecular weight excluding hydrogens is 248 g/mol. The van der Waals surface area contributed by atoms with Crippen LogP contribution in [0.4, 0.5) is 0 Å². The van der Waals surface area contributed by atoms with Crippen molar-refractivity contribution >= 4 is 18.3 Å². The van der Waals surface area contributed by atoms with E-state index < -0.39 is 0 Å². The number of nitrogens with two attached hydrogens (primary N) is 1. The summed E-state index contributed by atoms with van der Waals surface area (Å²) in [4.78, 5) is 13.9. The number of carbonyl (C=O) groups is 1. The molecular formula is C14H21ClN2O. The van der Waals surface area contributed by atoms with Crippen molar-refractivity contribution in [3.8, 4) is 0 Å². The average molecular weight is 269 g/mol. The Bertz CT molecular complexity index is 369. The minimum atomic E-state index is 0. The van der Waals surface area contributed by atoms with Crippen LogP contribution in [0.25, 0.3) is 0 Å². The molecule has 0 spiro atoms. The van der Waals surface area contributed by atoms with Crippen molar-refractivity contribution in [1.29, 1.82) is 0 Å². The molecule has 4 heteroatoms. The predicted molar refractivity (Wildman–Crippen MR) is 75.8 cm³/mol. The van der Waals surface area contributed by atoms with Gasteiger partial charge in [0.05, 0.1) is 0 Å². The van der Waals surface area contributed by atoms with Crippen LogP contribution in [0.15, 0.2) is 30.3 Å². The van der Waals surface area contributed by atoms with Gasteiger partial charge >= 0.3 is 0 Å². The molecule has 0 saturated carbocycles. The Kier molecular flexibility index (Phi) is 6.16. The number of halogens is 1. The maximum Gasteiger partial charge on any atom is 0.222 e. The average Bonchev–Trinajstić information content (AvgIpc) is 2.86. The lowest BCUT2D eigenvalue weighted by atomic mass is 10.1. The van der Waals surface area contributed by atoms with Gasteiger partial charge in [0, 0.05) is 19.5 Å². The van der Waals surface area contributed by atoms with Gasteiger partial charge in [-0.05, 0) is 30.9 Å². The van der Waals surface area contributed by atoms with Crippen molar-refractivity contribution in [2.75, 3.05) is 19.6 Å². The number of amides is 1. The lowest BCUT2D eigenvalue weighted by Gasteiger charge is -2.16. The summed E-state index contributed by atoms with van der Waals surface area (Å²) >= 11 is 0. The van der Waals surface area contributed by atoms with Crippen molar-refractivity contribution in [3.05, 3.63) is 35.9 Å². The van der Waals surface area contributed by atoms with Crippen LogP contribution in [0, 0.1) is 5.92 Å². The van der Waals surface area contributed by atoms with Gasteiger partial charge in [-0.25, -0.2) is 0 Å². The summed E-state index contributed by atoms with van der Waals surface area (Å²) in [6, 6.07) is 10.2. The SMILES string of the molecule is Cl.NCC1CCN(C(=O)CCc2ccccc2)C1. The van der Waals surface area contributed by atoms with E-state index in [1.165, 1.54) is 5.56 Å². The first-order valence-electron chi connectivity index (χ1n) is 6.31. The monoisotopic (exact) mass is 268 g/mol. The molecule has 0 radical (unpaired) electrons. The Balaban J connectivity index is 0.00000162. The fourth-order valence-electron chi connectivity index (χ4n) is 2.31. The lowest BCUT2D eigenvalue weighted by Crippen LogP contribution is -2.29. The third kappa shape index (κ3) is 4.00. The van der Waals surface area contributed by atoms with Crippen molar-refractivity contribution in [2.24, 2.45) is 11.7 Å². The predicted octanol–water partition coefficient (Wildman–Crippen LogP) is 1.85. The van der Waals surface area contributed by atoms with Gasteiger partial charge in [0.15, 0.2) is 0 Å². The Morgan fingerprint density at radius 3 is 2.67 bits per heavy atom. The largest absolute Gasteiger partial charge is 0.342 e. The molecule has 18 heavy (non-hydrogen) atoms. The summed E-state index contributed by atoms with van der Waals surface area (Å²) in [5.41, 5.74) is 6.86. The summed E-state index contributed by atoms with van der Waals surface area (Å²) in [5.74, 6) is 0.778. The van der Waals surface area contributed by atoms with Crippen LogP contribution in [0.5, 0.6) is 0 Å². The molecule has 1 fully saturated rings. The third-order valence-corrected chi connectivity index (χ3v) is 3.44. The van der Waals surface area contributed by atoms with Gasteiger partial charge in [-0.15, -0.1) is 12.4 Å². The lowest BCUT2D eigenvalue weighted by molar-refractivity contribution is -0.130. The number of benzene rings is 1. The number of rotatable bonds is 4. The first-order chi connectivity index (χ1) is 8.29. The van der Waals surface area contributed by atoms with Gasteiger partial charge in [-0.1, -0.05) is 30.3 Å². The second-order valence-corrected chi connectivity index (χ2v) is 4.72. The molecule has 1 unspecified atom stereocenters. The van der Waals surface area contributed by atoms with Crippen molar-refractivity contribution < 1.29 is 4.79 Å². The molecule has 1 aromatic rings. The van der Waals surface area contributed by atoms with Crippen LogP contribution in [-0.2, 0) is 11.2 Å². The minimum Gasteiger partial charge on any atom is -0.342 e. The highest BCUT2D eigenvalue weighted by molar-refractivity contribution is 5.85. The van der Waals surface area contributed by atoms with Gasteiger partial charge in [-0.2, -0.15) is 0 Å². The zero-order valence-electron chi connectivity index (χ0n) is 10.5. The first kappa shape index (κ1) is 15.0. The minimum absolute atomic E-state index is 0. The van der Waals surface area contributed by atoms with E-state index in [-0.39, 0.29) is 18.3 Å². The van der Waals surface area contributed by atoms with Crippen LogP contribution < -0.4 is 5.73 Å². The quantitative estimate of drug-likeness (QED) is 0.906. The number of hydrogen-bond donors (Lipinski definition) is 1. The molecule has 1 heterocycles. The zero-order chi connectivity index (χ0) is 12.1. The fraction of sp³-hybridized carbons (Fsp3) is 0.500. The van der Waals surface area contributed by atoms with E-state index in [9.17, 15) is 4.79 Å². The maximum absolute atomic E-state index is 12.0. The second kappa shape index (κ2) is 7.39. The van der Waals surface area contributed by atoms with Crippen LogP contribution >= 0.6 is 12.4 Å². The first-order valence-corrected chi connectivity index (χ1v) is 6.31. The fourth-order valence-corrected chi connectivity index (χ4v) is 2.31. The van der Waals surface area contributed by atoms with Gasteiger partial charge in [-0.3, -0.25) is 4.79 Å². The Labute approximate surface area is 115 Å². The molecule has 0 bridgehead atoms. The molecule has 1 aliphatic rings. The molecule has 100 valence electrons. The molecule has 1 aromatic carbocycles. The van der Waals surface area contributed by atoms with Gasteiger partial charge in [0.1, 0.15) is 0 Å². The van der Waals surface area contributed by atoms with Crippen LogP contribution in [0.3, 0.4) is 0 Å². The summed E-state index contributed by atoms with van der Waals surface area (Å²) < 4.78 is 0. The number of aryl methyl sites for hydroxylation is 1. The normalized spacial score (nSPS) is 18.5. The second-order valence-electron chi connectivity index (χ2n) is 4.72. The van der Waals surface area contributed by atoms with Crippen molar-refractivity contribution in [1.82, 2.24) is 4.90 Å². The van der Waals surface area contributed by atoms with Crippen molar-refractivity contribution in [2.45, 2.75) is 19.3 Å². The molecule has 1 aliphatic heterocycles. The van der Waals surface area contributed by atoms with Crippen LogP contribution in [-0.4, -0.2) is 30.4 Å². The maximum atomic E-state index is 12.0. The summed E-state index contributed by atoms with van der Waals surface area (Å²) in [5, 5.41) is 0. The molecule has 0 aromatic heterocycles. The van der Waals surface area contributed by atoms with E-state index >= 15 is 0 Å². The molecule has 3 nitrogen and oxygen atoms in total. The summed E-state index contributed by atoms with van der Waals surface area (Å²) in [6.45, 7) is 2.43. The van der Waals surface area contributed by atoms with E-state index in [0.717, 1.165) is 25.9 Å². The smallest absolute Gasteiger partial charge is 0.222 e. The van der Waals surface area contributed by atoms with Gasteiger partial charge in [0.2, 0.25) is 5.91 Å². The third-order valence-electron chi connectivity index (χ3n) is 3.44. The Morgan fingerprint density at radius 2 is 2.06 bits per heavy atom. The van der Waals surface area contributed by atoms with E-state index in [1.54, 1.807) is 0 Å². The highest BCUT2D eigenvalue weighted by atomic mass is 35.5. The number of carbonyl (C=O) groups excluding carboxylic acids is 1. The van der Waals surface area contributed by atoms with Gasteiger partial charge in [0.25, 0.3) is 0 Å². The van der Waals surface area contributed by atoms with E-state index in [1.807, 2.05) is 23.1 Å². The standard InChI is InChI=1S/C14H20N2O.ClH/c15-10-13-8-9-16(11-13)14(17)7-6-12-4-2-1-3-5-12;/h1-5,13H,6-11,15H2;1H. The summed E-state index contributed by atoms with van der Waals surface area (Å²) in [6.07, 6.45) is 2.51. The molecule has 1 atom stereocenters. The van der Waals surface area contributed by atoms with E-state index in [0.29, 0.717) is 18.9 Å².